The smallest absolute Gasteiger partial charge is 0.240 e. The van der Waals surface area contributed by atoms with Gasteiger partial charge in [-0.2, -0.15) is 0 Å². The Balaban J connectivity index is 1.76. The van der Waals surface area contributed by atoms with E-state index in [-0.39, 0.29) is 11.4 Å². The second-order valence-corrected chi connectivity index (χ2v) is 6.76. The fraction of sp³-hybridized carbons (Fsp3) is 0.500. The molecule has 1 aromatic heterocycles. The van der Waals surface area contributed by atoms with Crippen LogP contribution in [0.3, 0.4) is 0 Å². The predicted octanol–water partition coefficient (Wildman–Crippen LogP) is 2.97. The summed E-state index contributed by atoms with van der Waals surface area (Å²) in [5.74, 6) is 0.619. The highest BCUT2D eigenvalue weighted by Gasteiger charge is 2.48. The van der Waals surface area contributed by atoms with Crippen molar-refractivity contribution in [2.75, 3.05) is 7.05 Å². The van der Waals surface area contributed by atoms with Gasteiger partial charge in [0.15, 0.2) is 0 Å². The van der Waals surface area contributed by atoms with Crippen molar-refractivity contribution in [3.63, 3.8) is 0 Å². The van der Waals surface area contributed by atoms with Crippen LogP contribution in [0.1, 0.15) is 49.4 Å². The van der Waals surface area contributed by atoms with Gasteiger partial charge < -0.3 is 15.6 Å². The number of nitrogens with one attached hydrogen (secondary N) is 3. The molecule has 3 rings (SSSR count). The van der Waals surface area contributed by atoms with Crippen LogP contribution in [-0.4, -0.2) is 23.5 Å². The fourth-order valence-corrected chi connectivity index (χ4v) is 3.15. The van der Waals surface area contributed by atoms with Crippen LogP contribution >= 0.6 is 0 Å². The van der Waals surface area contributed by atoms with Crippen LogP contribution in [-0.2, 0) is 11.3 Å². The number of aromatic amines is 1. The quantitative estimate of drug-likeness (QED) is 0.795. The third kappa shape index (κ3) is 2.63. The molecule has 0 radical (unpaired) electrons. The molecular formula is C18H25N3O. The highest BCUT2D eigenvalue weighted by molar-refractivity contribution is 5.89. The molecule has 1 aromatic carbocycles. The standard InChI is InChI=1S/C18H25N3O/c1-11(2)15-9-16-13(7-12(15)3)8-14(21-16)10-20-17(22)18(19-4)5-6-18/h7-9,11,19,21H,5-6,10H2,1-4H3,(H,20,22). The summed E-state index contributed by atoms with van der Waals surface area (Å²) in [6.07, 6.45) is 1.86. The van der Waals surface area contributed by atoms with Crippen LogP contribution in [0.15, 0.2) is 18.2 Å². The van der Waals surface area contributed by atoms with Gasteiger partial charge in [-0.25, -0.2) is 0 Å². The summed E-state index contributed by atoms with van der Waals surface area (Å²) in [5, 5.41) is 7.36. The maximum absolute atomic E-state index is 12.2. The largest absolute Gasteiger partial charge is 0.357 e. The van der Waals surface area contributed by atoms with E-state index in [0.717, 1.165) is 24.1 Å². The third-order valence-electron chi connectivity index (χ3n) is 4.79. The molecule has 1 heterocycles. The molecule has 3 N–H and O–H groups in total. The molecule has 2 aromatic rings. The fourth-order valence-electron chi connectivity index (χ4n) is 3.15. The summed E-state index contributed by atoms with van der Waals surface area (Å²) < 4.78 is 0. The van der Waals surface area contributed by atoms with Gasteiger partial charge in [0.25, 0.3) is 0 Å². The average molecular weight is 299 g/mol. The van der Waals surface area contributed by atoms with Crippen LogP contribution in [0.4, 0.5) is 0 Å². The number of hydrogen-bond acceptors (Lipinski definition) is 2. The zero-order valence-corrected chi connectivity index (χ0v) is 13.8. The lowest BCUT2D eigenvalue weighted by Crippen LogP contribution is -2.44. The molecule has 1 amide bonds. The van der Waals surface area contributed by atoms with Crippen LogP contribution in [0, 0.1) is 6.92 Å². The molecule has 0 bridgehead atoms. The van der Waals surface area contributed by atoms with Crippen molar-refractivity contribution >= 4 is 16.8 Å². The van der Waals surface area contributed by atoms with E-state index in [1.807, 2.05) is 7.05 Å². The van der Waals surface area contributed by atoms with E-state index in [9.17, 15) is 4.79 Å². The number of rotatable bonds is 5. The number of benzene rings is 1. The Kier molecular flexibility index (Phi) is 3.73. The maximum Gasteiger partial charge on any atom is 0.240 e. The molecule has 0 saturated heterocycles. The Morgan fingerprint density at radius 2 is 2.05 bits per heavy atom. The van der Waals surface area contributed by atoms with Crippen molar-refractivity contribution < 1.29 is 4.79 Å². The molecule has 0 aliphatic heterocycles. The number of carbonyl (C=O) groups is 1. The molecule has 1 aliphatic carbocycles. The lowest BCUT2D eigenvalue weighted by atomic mass is 9.97. The highest BCUT2D eigenvalue weighted by atomic mass is 16.2. The minimum atomic E-state index is -0.312. The first kappa shape index (κ1) is 15.1. The number of aryl methyl sites for hydroxylation is 1. The topological polar surface area (TPSA) is 56.9 Å². The van der Waals surface area contributed by atoms with Crippen molar-refractivity contribution in [1.29, 1.82) is 0 Å². The van der Waals surface area contributed by atoms with E-state index in [1.54, 1.807) is 0 Å². The molecule has 4 heteroatoms. The van der Waals surface area contributed by atoms with Gasteiger partial charge in [-0.1, -0.05) is 13.8 Å². The van der Waals surface area contributed by atoms with Crippen LogP contribution in [0.25, 0.3) is 10.9 Å². The molecule has 118 valence electrons. The zero-order chi connectivity index (χ0) is 15.9. The second kappa shape index (κ2) is 5.43. The summed E-state index contributed by atoms with van der Waals surface area (Å²) in [6, 6.07) is 6.59. The van der Waals surface area contributed by atoms with Crippen molar-refractivity contribution in [2.24, 2.45) is 0 Å². The number of fused-ring (bicyclic) bond motifs is 1. The SMILES string of the molecule is CNC1(C(=O)NCc2cc3cc(C)c(C(C)C)cc3[nH]2)CC1. The summed E-state index contributed by atoms with van der Waals surface area (Å²) >= 11 is 0. The highest BCUT2D eigenvalue weighted by Crippen LogP contribution is 2.35. The lowest BCUT2D eigenvalue weighted by molar-refractivity contribution is -0.124. The average Bonchev–Trinajstić information content (AvgIpc) is 3.18. The van der Waals surface area contributed by atoms with E-state index < -0.39 is 0 Å². The van der Waals surface area contributed by atoms with E-state index >= 15 is 0 Å². The second-order valence-electron chi connectivity index (χ2n) is 6.76. The molecule has 0 atom stereocenters. The predicted molar refractivity (Wildman–Crippen MR) is 90.0 cm³/mol. The maximum atomic E-state index is 12.2. The Labute approximate surface area is 131 Å². The first-order valence-corrected chi connectivity index (χ1v) is 8.04. The van der Waals surface area contributed by atoms with E-state index in [4.69, 9.17) is 0 Å². The Hall–Kier alpha value is -1.81. The van der Waals surface area contributed by atoms with Crippen molar-refractivity contribution in [2.45, 2.75) is 51.6 Å². The minimum Gasteiger partial charge on any atom is -0.357 e. The van der Waals surface area contributed by atoms with Gasteiger partial charge in [-0.3, -0.25) is 4.79 Å². The molecule has 4 nitrogen and oxygen atoms in total. The summed E-state index contributed by atoms with van der Waals surface area (Å²) in [7, 11) is 1.85. The number of carbonyl (C=O) groups excluding carboxylic acids is 1. The summed E-state index contributed by atoms with van der Waals surface area (Å²) in [5.41, 5.74) is 4.58. The number of H-pyrrole nitrogens is 1. The minimum absolute atomic E-state index is 0.104. The van der Waals surface area contributed by atoms with Crippen LogP contribution in [0.2, 0.25) is 0 Å². The van der Waals surface area contributed by atoms with Gasteiger partial charge in [0.1, 0.15) is 0 Å². The Morgan fingerprint density at radius 3 is 2.64 bits per heavy atom. The molecular weight excluding hydrogens is 274 g/mol. The molecule has 1 aliphatic rings. The summed E-state index contributed by atoms with van der Waals surface area (Å²) in [4.78, 5) is 15.6. The van der Waals surface area contributed by atoms with Gasteiger partial charge in [0, 0.05) is 11.2 Å². The summed E-state index contributed by atoms with van der Waals surface area (Å²) in [6.45, 7) is 7.14. The first-order valence-electron chi connectivity index (χ1n) is 8.04. The molecule has 1 fully saturated rings. The monoisotopic (exact) mass is 299 g/mol. The molecule has 0 unspecified atom stereocenters. The van der Waals surface area contributed by atoms with E-state index in [1.165, 1.54) is 16.5 Å². The normalized spacial score (nSPS) is 16.2. The van der Waals surface area contributed by atoms with Crippen LogP contribution < -0.4 is 10.6 Å². The number of likely N-dealkylation sites (N-methyl/N-ethyl adjacent to an activating group) is 1. The molecule has 1 saturated carbocycles. The molecule has 0 spiro atoms. The van der Waals surface area contributed by atoms with E-state index in [0.29, 0.717) is 12.5 Å². The Morgan fingerprint density at radius 1 is 1.32 bits per heavy atom. The lowest BCUT2D eigenvalue weighted by Gasteiger charge is -2.13. The van der Waals surface area contributed by atoms with Gasteiger partial charge in [-0.05, 0) is 67.4 Å². The number of aromatic nitrogens is 1. The Bertz CT molecular complexity index is 710. The van der Waals surface area contributed by atoms with Crippen LogP contribution in [0.5, 0.6) is 0 Å². The first-order chi connectivity index (χ1) is 10.4. The number of hydrogen-bond donors (Lipinski definition) is 3. The number of amides is 1. The molecule has 22 heavy (non-hydrogen) atoms. The third-order valence-corrected chi connectivity index (χ3v) is 4.79. The van der Waals surface area contributed by atoms with Gasteiger partial charge in [0.2, 0.25) is 5.91 Å². The van der Waals surface area contributed by atoms with Crippen molar-refractivity contribution in [3.05, 3.63) is 35.0 Å². The van der Waals surface area contributed by atoms with Gasteiger partial charge in [-0.15, -0.1) is 0 Å². The van der Waals surface area contributed by atoms with E-state index in [2.05, 4.69) is 54.6 Å². The van der Waals surface area contributed by atoms with Crippen molar-refractivity contribution in [3.8, 4) is 0 Å². The van der Waals surface area contributed by atoms with Gasteiger partial charge >= 0.3 is 0 Å². The zero-order valence-electron chi connectivity index (χ0n) is 13.8. The van der Waals surface area contributed by atoms with Gasteiger partial charge in [0.05, 0.1) is 12.1 Å². The van der Waals surface area contributed by atoms with Crippen molar-refractivity contribution in [1.82, 2.24) is 15.6 Å².